The number of ether oxygens (including phenoxy) is 4. The van der Waals surface area contributed by atoms with E-state index in [1.807, 2.05) is 6.07 Å². The predicted molar refractivity (Wildman–Crippen MR) is 183 cm³/mol. The molecule has 6 aromatic rings. The second-order valence-corrected chi connectivity index (χ2v) is 12.5. The van der Waals surface area contributed by atoms with Crippen LogP contribution in [0.2, 0.25) is 0 Å². The summed E-state index contributed by atoms with van der Waals surface area (Å²) in [6.45, 7) is 8.57. The number of halogens is 1. The summed E-state index contributed by atoms with van der Waals surface area (Å²) in [5, 5.41) is 3.93. The van der Waals surface area contributed by atoms with E-state index in [-0.39, 0.29) is 41.4 Å². The van der Waals surface area contributed by atoms with Crippen LogP contribution in [-0.4, -0.2) is 57.9 Å². The molecule has 1 N–H and O–H groups in total. The van der Waals surface area contributed by atoms with E-state index in [4.69, 9.17) is 23.4 Å². The molecule has 13 heteroatoms. The van der Waals surface area contributed by atoms with Gasteiger partial charge in [-0.2, -0.15) is 0 Å². The Balaban J connectivity index is 1.39. The molecule has 6 rings (SSSR count). The van der Waals surface area contributed by atoms with E-state index in [0.29, 0.717) is 38.5 Å². The highest BCUT2D eigenvalue weighted by Crippen LogP contribution is 2.43. The summed E-state index contributed by atoms with van der Waals surface area (Å²) in [7, 11) is 1.48. The lowest BCUT2D eigenvalue weighted by Gasteiger charge is -2.21. The first-order valence-corrected chi connectivity index (χ1v) is 15.9. The van der Waals surface area contributed by atoms with Gasteiger partial charge in [-0.05, 0) is 82.6 Å². The topological polar surface area (TPSA) is 144 Å². The molecule has 50 heavy (non-hydrogen) atoms. The summed E-state index contributed by atoms with van der Waals surface area (Å²) in [5.74, 6) is -1.33. The molecular formula is C37H35FN4O8. The quantitative estimate of drug-likeness (QED) is 0.123. The molecule has 0 unspecified atom stereocenters. The van der Waals surface area contributed by atoms with Crippen LogP contribution in [0.4, 0.5) is 9.18 Å². The van der Waals surface area contributed by atoms with E-state index in [0.717, 1.165) is 0 Å². The number of aromatic nitrogens is 3. The predicted octanol–water partition coefficient (Wildman–Crippen LogP) is 7.19. The molecule has 12 nitrogen and oxygen atoms in total. The Morgan fingerprint density at radius 1 is 1.08 bits per heavy atom. The van der Waals surface area contributed by atoms with Gasteiger partial charge >= 0.3 is 18.0 Å². The van der Waals surface area contributed by atoms with Crippen LogP contribution >= 0.6 is 0 Å². The summed E-state index contributed by atoms with van der Waals surface area (Å²) in [4.78, 5) is 47.5. The van der Waals surface area contributed by atoms with E-state index in [1.165, 1.54) is 32.4 Å². The van der Waals surface area contributed by atoms with Gasteiger partial charge in [-0.25, -0.2) is 23.8 Å². The molecule has 0 aliphatic heterocycles. The minimum atomic E-state index is -0.968. The number of methoxy groups -OCH3 is 1. The number of pyridine rings is 2. The van der Waals surface area contributed by atoms with Gasteiger partial charge in [-0.3, -0.25) is 4.98 Å². The Kier molecular flexibility index (Phi) is 9.15. The molecule has 4 heterocycles. The number of benzene rings is 2. The third-order valence-electron chi connectivity index (χ3n) is 7.78. The third-order valence-corrected chi connectivity index (χ3v) is 7.78. The fourth-order valence-electron chi connectivity index (χ4n) is 5.71. The van der Waals surface area contributed by atoms with Crippen LogP contribution in [0.1, 0.15) is 50.7 Å². The molecule has 0 saturated heterocycles. The van der Waals surface area contributed by atoms with Gasteiger partial charge in [0.05, 0.1) is 41.8 Å². The van der Waals surface area contributed by atoms with Crippen molar-refractivity contribution >= 4 is 50.8 Å². The zero-order chi connectivity index (χ0) is 35.7. The van der Waals surface area contributed by atoms with Crippen molar-refractivity contribution < 1.29 is 42.1 Å². The Morgan fingerprint density at radius 3 is 2.62 bits per heavy atom. The maximum atomic E-state index is 15.5. The fraction of sp³-hybridized carbons (Fsp3) is 0.270. The Hall–Kier alpha value is -5.98. The summed E-state index contributed by atoms with van der Waals surface area (Å²) in [5.41, 5.74) is 2.24. The monoisotopic (exact) mass is 682 g/mol. The summed E-state index contributed by atoms with van der Waals surface area (Å²) >= 11 is 0. The normalized spacial score (nSPS) is 12.2. The van der Waals surface area contributed by atoms with Crippen LogP contribution in [0.25, 0.3) is 43.9 Å². The van der Waals surface area contributed by atoms with Crippen molar-refractivity contribution in [2.24, 2.45) is 0 Å². The number of rotatable bonds is 9. The van der Waals surface area contributed by atoms with E-state index in [9.17, 15) is 14.4 Å². The van der Waals surface area contributed by atoms with Gasteiger partial charge in [0.25, 0.3) is 0 Å². The number of amides is 1. The lowest BCUT2D eigenvalue weighted by molar-refractivity contribution is -0.136. The molecule has 0 fully saturated rings. The molecule has 4 aromatic heterocycles. The maximum Gasteiger partial charge on any atom is 0.408 e. The molecule has 0 aliphatic carbocycles. The molecule has 0 saturated carbocycles. The van der Waals surface area contributed by atoms with Crippen molar-refractivity contribution in [3.8, 4) is 22.8 Å². The van der Waals surface area contributed by atoms with Crippen molar-refractivity contribution in [2.45, 2.75) is 52.8 Å². The van der Waals surface area contributed by atoms with Gasteiger partial charge in [0, 0.05) is 41.5 Å². The summed E-state index contributed by atoms with van der Waals surface area (Å²) in [6.07, 6.45) is 3.85. The van der Waals surface area contributed by atoms with Crippen molar-refractivity contribution in [3.63, 3.8) is 0 Å². The Labute approximate surface area is 286 Å². The number of alkyl carbamates (subject to hydrolysis) is 1. The Morgan fingerprint density at radius 2 is 1.88 bits per heavy atom. The first-order valence-electron chi connectivity index (χ1n) is 15.9. The minimum Gasteiger partial charge on any atom is -0.481 e. The number of carbonyl (C=O) groups is 3. The SMILES string of the molecule is CCOC(=O)c1c(-c2cccnc2OC)c2c3occc3c(F)cc2n1Cc1cnc2cc(OC(=O)[C@H](C)NC(=O)OC(C)(C)C)ccc2c1. The number of esters is 2. The average molecular weight is 683 g/mol. The highest BCUT2D eigenvalue weighted by atomic mass is 19.1. The molecular weight excluding hydrogens is 647 g/mol. The van der Waals surface area contributed by atoms with Gasteiger partial charge in [-0.1, -0.05) is 0 Å². The maximum absolute atomic E-state index is 15.5. The average Bonchev–Trinajstić information content (AvgIpc) is 3.68. The van der Waals surface area contributed by atoms with Crippen molar-refractivity contribution in [1.82, 2.24) is 19.9 Å². The van der Waals surface area contributed by atoms with E-state index >= 15 is 4.39 Å². The number of hydrogen-bond donors (Lipinski definition) is 1. The number of furan rings is 1. The molecule has 258 valence electrons. The molecule has 1 amide bonds. The third kappa shape index (κ3) is 6.66. The van der Waals surface area contributed by atoms with E-state index < -0.39 is 35.5 Å². The zero-order valence-corrected chi connectivity index (χ0v) is 28.3. The number of nitrogens with one attached hydrogen (secondary N) is 1. The summed E-state index contributed by atoms with van der Waals surface area (Å²) < 4.78 is 44.8. The van der Waals surface area contributed by atoms with Crippen LogP contribution in [0.5, 0.6) is 11.6 Å². The molecule has 0 radical (unpaired) electrons. The first kappa shape index (κ1) is 33.9. The van der Waals surface area contributed by atoms with Crippen LogP contribution in [0.3, 0.4) is 0 Å². The zero-order valence-electron chi connectivity index (χ0n) is 28.3. The van der Waals surface area contributed by atoms with Crippen molar-refractivity contribution in [2.75, 3.05) is 13.7 Å². The largest absolute Gasteiger partial charge is 0.481 e. The lowest BCUT2D eigenvalue weighted by atomic mass is 10.0. The van der Waals surface area contributed by atoms with Gasteiger partial charge in [-0.15, -0.1) is 0 Å². The Bertz CT molecular complexity index is 2270. The fourth-order valence-corrected chi connectivity index (χ4v) is 5.71. The van der Waals surface area contributed by atoms with Gasteiger partial charge in [0.2, 0.25) is 5.88 Å². The number of nitrogens with zero attached hydrogens (tertiary/aromatic N) is 3. The number of hydrogen-bond acceptors (Lipinski definition) is 10. The second-order valence-electron chi connectivity index (χ2n) is 12.5. The lowest BCUT2D eigenvalue weighted by Crippen LogP contribution is -2.43. The van der Waals surface area contributed by atoms with Crippen LogP contribution < -0.4 is 14.8 Å². The second kappa shape index (κ2) is 13.5. The van der Waals surface area contributed by atoms with Crippen LogP contribution in [0.15, 0.2) is 71.6 Å². The number of fused-ring (bicyclic) bond motifs is 4. The molecule has 1 atom stereocenters. The number of carbonyl (C=O) groups excluding carboxylic acids is 3. The highest BCUT2D eigenvalue weighted by Gasteiger charge is 2.30. The van der Waals surface area contributed by atoms with Gasteiger partial charge in [0.15, 0.2) is 0 Å². The van der Waals surface area contributed by atoms with Crippen molar-refractivity contribution in [1.29, 1.82) is 0 Å². The van der Waals surface area contributed by atoms with Crippen LogP contribution in [0, 0.1) is 5.82 Å². The van der Waals surface area contributed by atoms with E-state index in [2.05, 4.69) is 15.3 Å². The standard InChI is InChI=1S/C37H35FN4O8/c1-7-47-35(44)31-29(25-9-8-13-39-33(25)46-6)30-28(17-26(38)24-12-14-48-32(24)30)42(31)19-21-15-22-10-11-23(16-27(22)40-18-21)49-34(43)20(2)41-36(45)50-37(3,4)5/h8-18,20H,7,19H2,1-6H3,(H,41,45)/t20-/m0/s1. The molecule has 2 aromatic carbocycles. The minimum absolute atomic E-state index is 0.104. The highest BCUT2D eigenvalue weighted by molar-refractivity contribution is 6.18. The van der Waals surface area contributed by atoms with Crippen molar-refractivity contribution in [3.05, 3.63) is 84.3 Å². The molecule has 0 aliphatic rings. The van der Waals surface area contributed by atoms with E-state index in [1.54, 1.807) is 75.0 Å². The van der Waals surface area contributed by atoms with Crippen LogP contribution in [-0.2, 0) is 20.8 Å². The molecule has 0 bridgehead atoms. The first-order chi connectivity index (χ1) is 23.9. The summed E-state index contributed by atoms with van der Waals surface area (Å²) in [6, 6.07) is 12.2. The van der Waals surface area contributed by atoms with Gasteiger partial charge in [0.1, 0.15) is 34.5 Å². The molecule has 0 spiro atoms. The smallest absolute Gasteiger partial charge is 0.408 e. The van der Waals surface area contributed by atoms with Gasteiger partial charge < -0.3 is 33.2 Å².